The molecule has 3 atom stereocenters. The number of aliphatic hydroxyl groups is 2. The summed E-state index contributed by atoms with van der Waals surface area (Å²) in [5, 5.41) is 21.3. The van der Waals surface area contributed by atoms with Crippen LogP contribution in [0.15, 0.2) is 11.6 Å². The second kappa shape index (κ2) is 11.8. The highest BCUT2D eigenvalue weighted by atomic mass is 16.5. The number of β-amino-alcohol motifs (C(OH)–C–C–N with tert-alkyl or cyclic N) is 1. The lowest BCUT2D eigenvalue weighted by Crippen LogP contribution is -2.48. The van der Waals surface area contributed by atoms with Crippen LogP contribution in [0.25, 0.3) is 0 Å². The fourth-order valence-corrected chi connectivity index (χ4v) is 3.68. The summed E-state index contributed by atoms with van der Waals surface area (Å²) in [6.45, 7) is 10.1. The lowest BCUT2D eigenvalue weighted by atomic mass is 9.88. The molecule has 0 spiro atoms. The number of methoxy groups -OCH3 is 1. The van der Waals surface area contributed by atoms with Gasteiger partial charge in [0.25, 0.3) is 0 Å². The van der Waals surface area contributed by atoms with E-state index in [0.29, 0.717) is 31.0 Å². The molecule has 0 amide bonds. The molecule has 158 valence electrons. The summed E-state index contributed by atoms with van der Waals surface area (Å²) in [5.41, 5.74) is -0.477. The van der Waals surface area contributed by atoms with Gasteiger partial charge in [-0.15, -0.1) is 0 Å². The van der Waals surface area contributed by atoms with Gasteiger partial charge in [0.05, 0.1) is 18.8 Å². The SMILES string of the molecule is COC(=O)C1=CCCN(CC(O)C(C)(O)CCCC(C)CCCC(C)C)C1. The van der Waals surface area contributed by atoms with Gasteiger partial charge >= 0.3 is 5.97 Å². The molecular weight excluding hydrogens is 342 g/mol. The Balaban J connectivity index is 2.35. The van der Waals surface area contributed by atoms with Crippen LogP contribution in [0.3, 0.4) is 0 Å². The normalized spacial score (nSPS) is 20.1. The third kappa shape index (κ3) is 9.22. The molecule has 3 unspecified atom stereocenters. The van der Waals surface area contributed by atoms with Crippen LogP contribution in [0.2, 0.25) is 0 Å². The Kier molecular flexibility index (Phi) is 10.6. The molecule has 2 N–H and O–H groups in total. The Bertz CT molecular complexity index is 473. The predicted molar refractivity (Wildman–Crippen MR) is 109 cm³/mol. The summed E-state index contributed by atoms with van der Waals surface area (Å²) in [4.78, 5) is 13.7. The van der Waals surface area contributed by atoms with Crippen molar-refractivity contribution >= 4 is 5.97 Å². The molecule has 0 saturated carbocycles. The second-order valence-electron chi connectivity index (χ2n) is 8.94. The molecule has 5 nitrogen and oxygen atoms in total. The highest BCUT2D eigenvalue weighted by Gasteiger charge is 2.32. The molecule has 0 aromatic carbocycles. The average Bonchev–Trinajstić information content (AvgIpc) is 2.60. The topological polar surface area (TPSA) is 70.0 Å². The largest absolute Gasteiger partial charge is 0.466 e. The smallest absolute Gasteiger partial charge is 0.334 e. The molecule has 1 heterocycles. The molecule has 1 rings (SSSR count). The number of carbonyl (C=O) groups is 1. The first kappa shape index (κ1) is 24.1. The number of aliphatic hydroxyl groups excluding tert-OH is 1. The summed E-state index contributed by atoms with van der Waals surface area (Å²) in [5.74, 6) is 1.11. The van der Waals surface area contributed by atoms with E-state index in [0.717, 1.165) is 31.7 Å². The third-order valence-electron chi connectivity index (χ3n) is 5.68. The van der Waals surface area contributed by atoms with Crippen molar-refractivity contribution in [1.82, 2.24) is 4.90 Å². The van der Waals surface area contributed by atoms with Gasteiger partial charge in [-0.2, -0.15) is 0 Å². The Morgan fingerprint density at radius 3 is 2.56 bits per heavy atom. The highest BCUT2D eigenvalue weighted by molar-refractivity contribution is 5.88. The second-order valence-corrected chi connectivity index (χ2v) is 8.94. The van der Waals surface area contributed by atoms with Gasteiger partial charge in [0, 0.05) is 25.2 Å². The zero-order chi connectivity index (χ0) is 20.4. The fraction of sp³-hybridized carbons (Fsp3) is 0.864. The monoisotopic (exact) mass is 383 g/mol. The van der Waals surface area contributed by atoms with Crippen LogP contribution in [0, 0.1) is 11.8 Å². The molecular formula is C22H41NO4. The summed E-state index contributed by atoms with van der Waals surface area (Å²) in [6, 6.07) is 0. The first-order valence-electron chi connectivity index (χ1n) is 10.6. The van der Waals surface area contributed by atoms with Crippen molar-refractivity contribution < 1.29 is 19.7 Å². The average molecular weight is 384 g/mol. The van der Waals surface area contributed by atoms with Crippen molar-refractivity contribution in [3.8, 4) is 0 Å². The minimum atomic E-state index is -1.11. The number of rotatable bonds is 12. The van der Waals surface area contributed by atoms with E-state index in [2.05, 4.69) is 20.8 Å². The van der Waals surface area contributed by atoms with Crippen LogP contribution in [-0.2, 0) is 9.53 Å². The van der Waals surface area contributed by atoms with Crippen molar-refractivity contribution in [2.24, 2.45) is 11.8 Å². The maximum atomic E-state index is 11.7. The number of hydrogen-bond donors (Lipinski definition) is 2. The molecule has 0 saturated heterocycles. The standard InChI is InChI=1S/C22H41NO4/c1-17(2)9-6-10-18(3)11-7-13-22(4,26)20(24)16-23-14-8-12-19(15-23)21(25)27-5/h12,17-18,20,24,26H,6-11,13-16H2,1-5H3. The zero-order valence-electron chi connectivity index (χ0n) is 18.0. The van der Waals surface area contributed by atoms with E-state index in [9.17, 15) is 15.0 Å². The molecule has 0 radical (unpaired) electrons. The zero-order valence-corrected chi connectivity index (χ0v) is 18.0. The lowest BCUT2D eigenvalue weighted by molar-refractivity contribution is -0.136. The van der Waals surface area contributed by atoms with Gasteiger partial charge in [0.15, 0.2) is 0 Å². The van der Waals surface area contributed by atoms with Gasteiger partial charge < -0.3 is 14.9 Å². The maximum absolute atomic E-state index is 11.7. The van der Waals surface area contributed by atoms with Crippen LogP contribution >= 0.6 is 0 Å². The van der Waals surface area contributed by atoms with E-state index in [1.165, 1.54) is 26.4 Å². The lowest BCUT2D eigenvalue weighted by Gasteiger charge is -2.35. The summed E-state index contributed by atoms with van der Waals surface area (Å²) in [7, 11) is 1.38. The number of hydrogen-bond acceptors (Lipinski definition) is 5. The van der Waals surface area contributed by atoms with E-state index in [-0.39, 0.29) is 5.97 Å². The van der Waals surface area contributed by atoms with Crippen molar-refractivity contribution in [3.05, 3.63) is 11.6 Å². The van der Waals surface area contributed by atoms with Crippen LogP contribution in [0.1, 0.15) is 72.6 Å². The number of ether oxygens (including phenoxy) is 1. The maximum Gasteiger partial charge on any atom is 0.334 e. The van der Waals surface area contributed by atoms with Gasteiger partial charge in [-0.3, -0.25) is 4.90 Å². The van der Waals surface area contributed by atoms with Gasteiger partial charge in [-0.1, -0.05) is 59.0 Å². The Morgan fingerprint density at radius 1 is 1.26 bits per heavy atom. The minimum absolute atomic E-state index is 0.313. The molecule has 0 aromatic rings. The summed E-state index contributed by atoms with van der Waals surface area (Å²) in [6.07, 6.45) is 8.20. The molecule has 0 aromatic heterocycles. The van der Waals surface area contributed by atoms with Crippen molar-refractivity contribution in [2.45, 2.75) is 84.3 Å². The molecule has 1 aliphatic heterocycles. The summed E-state index contributed by atoms with van der Waals surface area (Å²) >= 11 is 0. The van der Waals surface area contributed by atoms with Crippen LogP contribution in [0.5, 0.6) is 0 Å². The van der Waals surface area contributed by atoms with Gasteiger partial charge in [0.2, 0.25) is 0 Å². The van der Waals surface area contributed by atoms with Gasteiger partial charge in [0.1, 0.15) is 0 Å². The molecule has 0 fully saturated rings. The molecule has 5 heteroatoms. The van der Waals surface area contributed by atoms with E-state index in [4.69, 9.17) is 4.74 Å². The predicted octanol–water partition coefficient (Wildman–Crippen LogP) is 3.54. The van der Waals surface area contributed by atoms with Crippen LogP contribution in [-0.4, -0.2) is 59.5 Å². The van der Waals surface area contributed by atoms with E-state index in [1.807, 2.05) is 11.0 Å². The Hall–Kier alpha value is -0.910. The van der Waals surface area contributed by atoms with Crippen molar-refractivity contribution in [3.63, 3.8) is 0 Å². The van der Waals surface area contributed by atoms with E-state index in [1.54, 1.807) is 6.92 Å². The third-order valence-corrected chi connectivity index (χ3v) is 5.68. The molecule has 1 aliphatic rings. The van der Waals surface area contributed by atoms with Crippen LogP contribution < -0.4 is 0 Å². The number of nitrogens with zero attached hydrogens (tertiary/aromatic N) is 1. The van der Waals surface area contributed by atoms with Crippen LogP contribution in [0.4, 0.5) is 0 Å². The Morgan fingerprint density at radius 2 is 1.93 bits per heavy atom. The van der Waals surface area contributed by atoms with Crippen molar-refractivity contribution in [2.75, 3.05) is 26.7 Å². The molecule has 0 bridgehead atoms. The quantitative estimate of drug-likeness (QED) is 0.505. The molecule has 0 aliphatic carbocycles. The molecule has 27 heavy (non-hydrogen) atoms. The highest BCUT2D eigenvalue weighted by Crippen LogP contribution is 2.24. The first-order valence-corrected chi connectivity index (χ1v) is 10.6. The van der Waals surface area contributed by atoms with Gasteiger partial charge in [-0.25, -0.2) is 4.79 Å². The van der Waals surface area contributed by atoms with E-state index >= 15 is 0 Å². The minimum Gasteiger partial charge on any atom is -0.466 e. The Labute approximate surface area is 165 Å². The fourth-order valence-electron chi connectivity index (χ4n) is 3.68. The number of esters is 1. The van der Waals surface area contributed by atoms with Crippen molar-refractivity contribution in [1.29, 1.82) is 0 Å². The number of carbonyl (C=O) groups excluding carboxylic acids is 1. The van der Waals surface area contributed by atoms with E-state index < -0.39 is 11.7 Å². The summed E-state index contributed by atoms with van der Waals surface area (Å²) < 4.78 is 4.78. The van der Waals surface area contributed by atoms with Gasteiger partial charge in [-0.05, 0) is 31.6 Å². The first-order chi connectivity index (χ1) is 12.7.